The predicted molar refractivity (Wildman–Crippen MR) is 53.9 cm³/mol. The Balaban J connectivity index is 2.26. The van der Waals surface area contributed by atoms with Gasteiger partial charge in [-0.25, -0.2) is 0 Å². The maximum Gasteiger partial charge on any atom is 0.142 e. The third kappa shape index (κ3) is 1.35. The fraction of sp³-hybridized carbons (Fsp3) is 0.600. The van der Waals surface area contributed by atoms with Crippen LogP contribution in [0.15, 0.2) is 0 Å². The zero-order chi connectivity index (χ0) is 10.1. The summed E-state index contributed by atoms with van der Waals surface area (Å²) in [5.41, 5.74) is 1.48. The van der Waals surface area contributed by atoms with E-state index in [9.17, 15) is 0 Å². The Morgan fingerprint density at radius 1 is 1.57 bits per heavy atom. The Hall–Kier alpha value is -1.50. The summed E-state index contributed by atoms with van der Waals surface area (Å²) in [6.07, 6.45) is 3.70. The van der Waals surface area contributed by atoms with Gasteiger partial charge in [0, 0.05) is 13.1 Å². The van der Waals surface area contributed by atoms with E-state index in [-0.39, 0.29) is 0 Å². The Morgan fingerprint density at radius 3 is 2.79 bits per heavy atom. The topological polar surface area (TPSA) is 53.6 Å². The first kappa shape index (κ1) is 9.07. The van der Waals surface area contributed by atoms with Crippen LogP contribution in [0, 0.1) is 18.3 Å². The Morgan fingerprint density at radius 2 is 2.29 bits per heavy atom. The van der Waals surface area contributed by atoms with Crippen molar-refractivity contribution in [3.8, 4) is 6.07 Å². The second-order valence-corrected chi connectivity index (χ2v) is 3.82. The molecule has 0 amide bonds. The van der Waals surface area contributed by atoms with E-state index in [4.69, 9.17) is 5.26 Å². The van der Waals surface area contributed by atoms with Crippen LogP contribution in [0.2, 0.25) is 0 Å². The van der Waals surface area contributed by atoms with Gasteiger partial charge in [0.15, 0.2) is 0 Å². The summed E-state index contributed by atoms with van der Waals surface area (Å²) in [4.78, 5) is 0. The van der Waals surface area contributed by atoms with E-state index in [1.54, 1.807) is 4.68 Å². The monoisotopic (exact) mass is 190 g/mol. The lowest BCUT2D eigenvalue weighted by molar-refractivity contribution is 0.442. The predicted octanol–water partition coefficient (Wildman–Crippen LogP) is 1.56. The van der Waals surface area contributed by atoms with Gasteiger partial charge < -0.3 is 5.32 Å². The minimum absolute atomic E-state index is 0.539. The molecule has 74 valence electrons. The molecule has 0 saturated heterocycles. The van der Waals surface area contributed by atoms with E-state index in [0.717, 1.165) is 11.5 Å². The van der Waals surface area contributed by atoms with Crippen LogP contribution in [0.25, 0.3) is 0 Å². The van der Waals surface area contributed by atoms with Crippen molar-refractivity contribution in [1.82, 2.24) is 9.78 Å². The zero-order valence-electron chi connectivity index (χ0n) is 8.54. The number of aromatic nitrogens is 2. The van der Waals surface area contributed by atoms with E-state index in [1.165, 1.54) is 19.3 Å². The first-order valence-corrected chi connectivity index (χ1v) is 4.92. The van der Waals surface area contributed by atoms with Crippen LogP contribution in [-0.4, -0.2) is 15.8 Å². The van der Waals surface area contributed by atoms with E-state index >= 15 is 0 Å². The van der Waals surface area contributed by atoms with Gasteiger partial charge in [0.2, 0.25) is 0 Å². The molecule has 1 heterocycles. The van der Waals surface area contributed by atoms with Gasteiger partial charge >= 0.3 is 0 Å². The highest BCUT2D eigenvalue weighted by molar-refractivity contribution is 5.55. The molecular formula is C10H14N4. The molecule has 1 aliphatic rings. The average Bonchev–Trinajstić information content (AvgIpc) is 2.33. The number of nitriles is 1. The van der Waals surface area contributed by atoms with Crippen LogP contribution in [0.3, 0.4) is 0 Å². The van der Waals surface area contributed by atoms with Gasteiger partial charge in [-0.3, -0.25) is 4.68 Å². The van der Waals surface area contributed by atoms with Crippen molar-refractivity contribution < 1.29 is 0 Å². The fourth-order valence-electron chi connectivity index (χ4n) is 1.70. The van der Waals surface area contributed by atoms with Gasteiger partial charge in [-0.15, -0.1) is 0 Å². The fourth-order valence-corrected chi connectivity index (χ4v) is 1.70. The maximum absolute atomic E-state index is 8.97. The summed E-state index contributed by atoms with van der Waals surface area (Å²) in [5, 5.41) is 16.6. The molecule has 0 atom stereocenters. The smallest absolute Gasteiger partial charge is 0.142 e. The van der Waals surface area contributed by atoms with E-state index < -0.39 is 0 Å². The molecule has 2 rings (SSSR count). The SMILES string of the molecule is Cc1nn(C)c(NC2CCC2)c1C#N. The normalized spacial score (nSPS) is 16.1. The zero-order valence-corrected chi connectivity index (χ0v) is 8.54. The Kier molecular flexibility index (Phi) is 2.16. The molecule has 0 spiro atoms. The number of anilines is 1. The lowest BCUT2D eigenvalue weighted by atomic mass is 9.93. The van der Waals surface area contributed by atoms with Crippen molar-refractivity contribution in [2.45, 2.75) is 32.2 Å². The molecule has 4 nitrogen and oxygen atoms in total. The number of nitrogens with one attached hydrogen (secondary N) is 1. The summed E-state index contributed by atoms with van der Waals surface area (Å²) in [7, 11) is 1.87. The molecule has 4 heteroatoms. The third-order valence-electron chi connectivity index (χ3n) is 2.78. The molecule has 1 aliphatic carbocycles. The average molecular weight is 190 g/mol. The van der Waals surface area contributed by atoms with Crippen molar-refractivity contribution in [3.05, 3.63) is 11.3 Å². The summed E-state index contributed by atoms with van der Waals surface area (Å²) in [6, 6.07) is 2.73. The third-order valence-corrected chi connectivity index (χ3v) is 2.78. The Labute approximate surface area is 83.5 Å². The molecule has 0 aliphatic heterocycles. The maximum atomic E-state index is 8.97. The second kappa shape index (κ2) is 3.33. The van der Waals surface area contributed by atoms with Crippen molar-refractivity contribution in [2.24, 2.45) is 7.05 Å². The Bertz CT molecular complexity index is 382. The standard InChI is InChI=1S/C10H14N4/c1-7-9(6-11)10(14(2)13-7)12-8-4-3-5-8/h8,12H,3-5H2,1-2H3. The van der Waals surface area contributed by atoms with Crippen LogP contribution in [0.4, 0.5) is 5.82 Å². The number of rotatable bonds is 2. The molecule has 1 N–H and O–H groups in total. The van der Waals surface area contributed by atoms with Gasteiger partial charge in [0.1, 0.15) is 17.5 Å². The first-order chi connectivity index (χ1) is 6.72. The van der Waals surface area contributed by atoms with Crippen molar-refractivity contribution in [2.75, 3.05) is 5.32 Å². The molecular weight excluding hydrogens is 176 g/mol. The van der Waals surface area contributed by atoms with E-state index in [0.29, 0.717) is 11.6 Å². The van der Waals surface area contributed by atoms with Crippen LogP contribution < -0.4 is 5.32 Å². The van der Waals surface area contributed by atoms with Gasteiger partial charge in [-0.1, -0.05) is 0 Å². The number of nitrogens with zero attached hydrogens (tertiary/aromatic N) is 3. The lowest BCUT2D eigenvalue weighted by Crippen LogP contribution is -2.28. The number of hydrogen-bond acceptors (Lipinski definition) is 3. The molecule has 0 bridgehead atoms. The molecule has 14 heavy (non-hydrogen) atoms. The van der Waals surface area contributed by atoms with Gasteiger partial charge in [-0.2, -0.15) is 10.4 Å². The molecule has 0 aromatic carbocycles. The van der Waals surface area contributed by atoms with Gasteiger partial charge in [0.05, 0.1) is 5.69 Å². The van der Waals surface area contributed by atoms with Crippen molar-refractivity contribution >= 4 is 5.82 Å². The van der Waals surface area contributed by atoms with Crippen molar-refractivity contribution in [3.63, 3.8) is 0 Å². The number of hydrogen-bond donors (Lipinski definition) is 1. The van der Waals surface area contributed by atoms with Gasteiger partial charge in [-0.05, 0) is 26.2 Å². The van der Waals surface area contributed by atoms with E-state index in [1.807, 2.05) is 14.0 Å². The van der Waals surface area contributed by atoms with Crippen LogP contribution in [0.1, 0.15) is 30.5 Å². The van der Waals surface area contributed by atoms with Crippen LogP contribution in [0.5, 0.6) is 0 Å². The summed E-state index contributed by atoms with van der Waals surface area (Å²) >= 11 is 0. The second-order valence-electron chi connectivity index (χ2n) is 3.82. The molecule has 1 saturated carbocycles. The molecule has 0 unspecified atom stereocenters. The summed E-state index contributed by atoms with van der Waals surface area (Å²) in [6.45, 7) is 1.87. The quantitative estimate of drug-likeness (QED) is 0.770. The van der Waals surface area contributed by atoms with Crippen LogP contribution in [-0.2, 0) is 7.05 Å². The highest BCUT2D eigenvalue weighted by Crippen LogP contribution is 2.25. The minimum Gasteiger partial charge on any atom is -0.366 e. The highest BCUT2D eigenvalue weighted by atomic mass is 15.3. The van der Waals surface area contributed by atoms with Crippen LogP contribution >= 0.6 is 0 Å². The molecule has 1 aromatic heterocycles. The van der Waals surface area contributed by atoms with Gasteiger partial charge in [0.25, 0.3) is 0 Å². The first-order valence-electron chi connectivity index (χ1n) is 4.92. The minimum atomic E-state index is 0.539. The largest absolute Gasteiger partial charge is 0.366 e. The highest BCUT2D eigenvalue weighted by Gasteiger charge is 2.21. The van der Waals surface area contributed by atoms with Crippen molar-refractivity contribution in [1.29, 1.82) is 5.26 Å². The summed E-state index contributed by atoms with van der Waals surface area (Å²) in [5.74, 6) is 0.870. The number of aryl methyl sites for hydroxylation is 2. The molecule has 1 aromatic rings. The lowest BCUT2D eigenvalue weighted by Gasteiger charge is -2.27. The molecule has 0 radical (unpaired) electrons. The van der Waals surface area contributed by atoms with E-state index in [2.05, 4.69) is 16.5 Å². The molecule has 1 fully saturated rings. The summed E-state index contributed by atoms with van der Waals surface area (Å²) < 4.78 is 1.76.